The number of hydrogen-bond donors (Lipinski definition) is 1. The fourth-order valence-corrected chi connectivity index (χ4v) is 6.61. The number of imide groups is 1. The Labute approximate surface area is 185 Å². The molecule has 1 aliphatic rings. The lowest BCUT2D eigenvalue weighted by Gasteiger charge is -2.39. The van der Waals surface area contributed by atoms with Crippen molar-refractivity contribution in [1.82, 2.24) is 4.31 Å². The highest BCUT2D eigenvalue weighted by atomic mass is 32.2. The van der Waals surface area contributed by atoms with Crippen molar-refractivity contribution in [3.05, 3.63) is 41.8 Å². The van der Waals surface area contributed by atoms with Crippen molar-refractivity contribution >= 4 is 50.5 Å². The zero-order valence-electron chi connectivity index (χ0n) is 17.8. The van der Waals surface area contributed by atoms with Gasteiger partial charge in [-0.15, -0.1) is 11.3 Å². The van der Waals surface area contributed by atoms with Gasteiger partial charge in [0, 0.05) is 18.2 Å². The van der Waals surface area contributed by atoms with Gasteiger partial charge in [-0.25, -0.2) is 13.3 Å². The third kappa shape index (κ3) is 4.41. The number of nitrogens with one attached hydrogen (secondary N) is 1. The van der Waals surface area contributed by atoms with Crippen LogP contribution in [0.2, 0.25) is 0 Å². The topological polar surface area (TPSA) is 104 Å². The second kappa shape index (κ2) is 8.52. The lowest BCUT2D eigenvalue weighted by atomic mass is 10.00. The first kappa shape index (κ1) is 23.1. The zero-order chi connectivity index (χ0) is 23.0. The van der Waals surface area contributed by atoms with E-state index in [9.17, 15) is 22.8 Å². The minimum Gasteiger partial charge on any atom is -0.326 e. The Morgan fingerprint density at radius 2 is 1.87 bits per heavy atom. The van der Waals surface area contributed by atoms with Crippen molar-refractivity contribution in [2.24, 2.45) is 0 Å². The molecule has 1 unspecified atom stereocenters. The summed E-state index contributed by atoms with van der Waals surface area (Å²) in [5.41, 5.74) is -0.0235. The normalized spacial score (nSPS) is 17.5. The lowest BCUT2D eigenvalue weighted by molar-refractivity contribution is -0.123. The van der Waals surface area contributed by atoms with Crippen LogP contribution in [-0.4, -0.2) is 42.0 Å². The van der Waals surface area contributed by atoms with Crippen molar-refractivity contribution in [3.63, 3.8) is 0 Å². The summed E-state index contributed by atoms with van der Waals surface area (Å²) in [5, 5.41) is 4.28. The molecular formula is C21H25N3O5S2. The number of nitrogens with zero attached hydrogens (tertiary/aromatic N) is 2. The molecule has 2 heterocycles. The van der Waals surface area contributed by atoms with Crippen LogP contribution < -0.4 is 10.2 Å². The van der Waals surface area contributed by atoms with Crippen molar-refractivity contribution in [2.45, 2.75) is 56.3 Å². The highest BCUT2D eigenvalue weighted by Gasteiger charge is 2.51. The molecule has 0 aliphatic carbocycles. The lowest BCUT2D eigenvalue weighted by Crippen LogP contribution is -2.55. The number of benzene rings is 1. The fraction of sp³-hybridized carbons (Fsp3) is 0.381. The van der Waals surface area contributed by atoms with Gasteiger partial charge < -0.3 is 5.32 Å². The number of anilines is 2. The Morgan fingerprint density at radius 1 is 1.23 bits per heavy atom. The molecule has 0 spiro atoms. The van der Waals surface area contributed by atoms with Gasteiger partial charge >= 0.3 is 0 Å². The Bertz CT molecular complexity index is 1090. The van der Waals surface area contributed by atoms with Gasteiger partial charge in [-0.3, -0.25) is 14.4 Å². The second-order valence-electron chi connectivity index (χ2n) is 7.91. The first-order valence-electron chi connectivity index (χ1n) is 9.81. The zero-order valence-corrected chi connectivity index (χ0v) is 19.4. The van der Waals surface area contributed by atoms with Crippen LogP contribution in [0.15, 0.2) is 46.0 Å². The van der Waals surface area contributed by atoms with E-state index in [0.717, 1.165) is 16.2 Å². The molecule has 1 N–H and O–H groups in total. The van der Waals surface area contributed by atoms with Crippen LogP contribution in [0.25, 0.3) is 0 Å². The second-order valence-corrected chi connectivity index (χ2v) is 10.9. The van der Waals surface area contributed by atoms with Crippen LogP contribution in [0.5, 0.6) is 0 Å². The molecule has 0 bridgehead atoms. The number of thiophene rings is 1. The van der Waals surface area contributed by atoms with E-state index in [2.05, 4.69) is 5.32 Å². The van der Waals surface area contributed by atoms with Crippen LogP contribution in [0.3, 0.4) is 0 Å². The van der Waals surface area contributed by atoms with Crippen LogP contribution >= 0.6 is 11.3 Å². The summed E-state index contributed by atoms with van der Waals surface area (Å²) in [4.78, 5) is 38.4. The van der Waals surface area contributed by atoms with E-state index in [1.807, 2.05) is 6.92 Å². The first-order valence-corrected chi connectivity index (χ1v) is 12.1. The van der Waals surface area contributed by atoms with Crippen molar-refractivity contribution in [2.75, 3.05) is 10.2 Å². The molecule has 0 radical (unpaired) electrons. The van der Waals surface area contributed by atoms with Gasteiger partial charge in [-0.05, 0) is 56.0 Å². The summed E-state index contributed by atoms with van der Waals surface area (Å²) in [6, 6.07) is 8.27. The Balaban J connectivity index is 1.98. The average molecular weight is 464 g/mol. The molecule has 8 nitrogen and oxygen atoms in total. The van der Waals surface area contributed by atoms with E-state index in [4.69, 9.17) is 0 Å². The standard InChI is InChI=1S/C21H25N3O5S2/c1-5-21(3,4)24(31(28,29)19-7-6-12-30-19)17-13-18(26)23(20(17)27)16-10-8-15(9-11-16)22-14(2)25/h6-12,17H,5,13H2,1-4H3,(H,22,25). The quantitative estimate of drug-likeness (QED) is 0.635. The maximum Gasteiger partial charge on any atom is 0.253 e. The van der Waals surface area contributed by atoms with Gasteiger partial charge in [0.2, 0.25) is 11.8 Å². The number of amides is 3. The average Bonchev–Trinajstić information content (AvgIpc) is 3.32. The number of sulfonamides is 1. The molecule has 2 aromatic rings. The van der Waals surface area contributed by atoms with E-state index >= 15 is 0 Å². The van der Waals surface area contributed by atoms with Crippen LogP contribution in [-0.2, 0) is 24.4 Å². The number of rotatable bonds is 7. The Kier molecular flexibility index (Phi) is 6.35. The van der Waals surface area contributed by atoms with Crippen LogP contribution in [0.4, 0.5) is 11.4 Å². The van der Waals surface area contributed by atoms with Gasteiger partial charge in [0.25, 0.3) is 15.9 Å². The molecule has 166 valence electrons. The van der Waals surface area contributed by atoms with Gasteiger partial charge in [-0.2, -0.15) is 4.31 Å². The molecule has 1 atom stereocenters. The number of carbonyl (C=O) groups is 3. The van der Waals surface area contributed by atoms with E-state index < -0.39 is 33.4 Å². The summed E-state index contributed by atoms with van der Waals surface area (Å²) in [7, 11) is -3.99. The number of carbonyl (C=O) groups excluding carboxylic acids is 3. The predicted octanol–water partition coefficient (Wildman–Crippen LogP) is 3.22. The minimum atomic E-state index is -3.99. The fourth-order valence-electron chi connectivity index (χ4n) is 3.55. The monoisotopic (exact) mass is 463 g/mol. The summed E-state index contributed by atoms with van der Waals surface area (Å²) in [5.74, 6) is -1.29. The van der Waals surface area contributed by atoms with E-state index in [1.54, 1.807) is 49.6 Å². The molecule has 1 aromatic carbocycles. The Hall–Kier alpha value is -2.56. The largest absolute Gasteiger partial charge is 0.326 e. The molecule has 1 aromatic heterocycles. The van der Waals surface area contributed by atoms with Gasteiger partial charge in [0.1, 0.15) is 10.3 Å². The van der Waals surface area contributed by atoms with Crippen molar-refractivity contribution < 1.29 is 22.8 Å². The van der Waals surface area contributed by atoms with E-state index in [0.29, 0.717) is 17.8 Å². The van der Waals surface area contributed by atoms with Crippen LogP contribution in [0, 0.1) is 0 Å². The van der Waals surface area contributed by atoms with Gasteiger partial charge in [-0.1, -0.05) is 13.0 Å². The maximum absolute atomic E-state index is 13.4. The highest BCUT2D eigenvalue weighted by Crippen LogP contribution is 2.36. The van der Waals surface area contributed by atoms with Gasteiger partial charge in [0.15, 0.2) is 0 Å². The summed E-state index contributed by atoms with van der Waals surface area (Å²) >= 11 is 1.08. The van der Waals surface area contributed by atoms with E-state index in [-0.39, 0.29) is 16.5 Å². The summed E-state index contributed by atoms with van der Waals surface area (Å²) in [6.07, 6.45) is 0.224. The highest BCUT2D eigenvalue weighted by molar-refractivity contribution is 7.91. The maximum atomic E-state index is 13.4. The number of hydrogen-bond acceptors (Lipinski definition) is 6. The van der Waals surface area contributed by atoms with Crippen LogP contribution in [0.1, 0.15) is 40.5 Å². The smallest absolute Gasteiger partial charge is 0.253 e. The molecule has 31 heavy (non-hydrogen) atoms. The molecule has 3 amide bonds. The van der Waals surface area contributed by atoms with Crippen molar-refractivity contribution in [3.8, 4) is 0 Å². The molecule has 1 aliphatic heterocycles. The van der Waals surface area contributed by atoms with Gasteiger partial charge in [0.05, 0.1) is 12.1 Å². The molecule has 10 heteroatoms. The molecular weight excluding hydrogens is 438 g/mol. The minimum absolute atomic E-state index is 0.132. The molecule has 1 fully saturated rings. The molecule has 3 rings (SSSR count). The molecule has 0 saturated carbocycles. The SMILES string of the molecule is CCC(C)(C)N(C1CC(=O)N(c2ccc(NC(C)=O)cc2)C1=O)S(=O)(=O)c1cccs1. The van der Waals surface area contributed by atoms with Crippen molar-refractivity contribution in [1.29, 1.82) is 0 Å². The third-order valence-corrected chi connectivity index (χ3v) is 8.82. The first-order chi connectivity index (χ1) is 14.5. The Morgan fingerprint density at radius 3 is 2.39 bits per heavy atom. The summed E-state index contributed by atoms with van der Waals surface area (Å²) in [6.45, 7) is 6.72. The third-order valence-electron chi connectivity index (χ3n) is 5.32. The summed E-state index contributed by atoms with van der Waals surface area (Å²) < 4.78 is 28.2. The molecule has 1 saturated heterocycles. The van der Waals surface area contributed by atoms with E-state index in [1.165, 1.54) is 17.3 Å². The predicted molar refractivity (Wildman–Crippen MR) is 119 cm³/mol.